The lowest BCUT2D eigenvalue weighted by Crippen LogP contribution is -2.30. The molecule has 1 aromatic rings. The van der Waals surface area contributed by atoms with Crippen LogP contribution in [-0.2, 0) is 4.74 Å². The Hall–Kier alpha value is -1.55. The minimum atomic E-state index is -0.854. The molecule has 2 heterocycles. The lowest BCUT2D eigenvalue weighted by molar-refractivity contribution is -0.0458. The number of thiocarbonyl (C=S) groups is 1. The summed E-state index contributed by atoms with van der Waals surface area (Å²) in [6, 6.07) is 0. The highest BCUT2D eigenvalue weighted by atomic mass is 32.1. The molecule has 1 saturated heterocycles. The molecule has 0 aromatic carbocycles. The van der Waals surface area contributed by atoms with Crippen molar-refractivity contribution in [2.24, 2.45) is 5.73 Å². The van der Waals surface area contributed by atoms with E-state index in [4.69, 9.17) is 33.5 Å². The number of hydrogen-bond acceptors (Lipinski definition) is 7. The van der Waals surface area contributed by atoms with Gasteiger partial charge in [-0.15, -0.1) is 0 Å². The number of anilines is 1. The van der Waals surface area contributed by atoms with Crippen molar-refractivity contribution in [1.29, 1.82) is 0 Å². The SMILES string of the molecule is NC(=S)c1cn([C@@H]2C[C@@H](O)[C@H](CO)O2)c(=O)nc1N. The van der Waals surface area contributed by atoms with E-state index in [-0.39, 0.29) is 29.4 Å². The van der Waals surface area contributed by atoms with Crippen molar-refractivity contribution in [2.75, 3.05) is 12.3 Å². The average Bonchev–Trinajstić information content (AvgIpc) is 2.69. The minimum absolute atomic E-state index is 0.0102. The first-order chi connectivity index (χ1) is 8.93. The Kier molecular flexibility index (Phi) is 3.80. The fourth-order valence-corrected chi connectivity index (χ4v) is 2.09. The Morgan fingerprint density at radius 2 is 2.37 bits per heavy atom. The van der Waals surface area contributed by atoms with Crippen LogP contribution in [0.5, 0.6) is 0 Å². The fraction of sp³-hybridized carbons (Fsp3) is 0.500. The standard InChI is InChI=1S/C10H14N4O4S/c11-8-4(9(12)19)2-14(10(17)13-8)7-1-5(16)6(3-15)18-7/h2,5-7,15-16H,1,3H2,(H2,12,19)(H2,11,13,17)/t5-,6+,7+/m1/s1. The predicted molar refractivity (Wildman–Crippen MR) is 70.4 cm³/mol. The molecule has 1 fully saturated rings. The number of ether oxygens (including phenoxy) is 1. The molecule has 0 radical (unpaired) electrons. The van der Waals surface area contributed by atoms with Gasteiger partial charge in [-0.2, -0.15) is 4.98 Å². The molecule has 0 unspecified atom stereocenters. The molecule has 104 valence electrons. The number of nitrogens with two attached hydrogens (primary N) is 2. The molecular weight excluding hydrogens is 272 g/mol. The van der Waals surface area contributed by atoms with Gasteiger partial charge in [-0.3, -0.25) is 4.57 Å². The van der Waals surface area contributed by atoms with Crippen molar-refractivity contribution in [1.82, 2.24) is 9.55 Å². The highest BCUT2D eigenvalue weighted by Crippen LogP contribution is 2.27. The van der Waals surface area contributed by atoms with Gasteiger partial charge in [0.25, 0.3) is 0 Å². The smallest absolute Gasteiger partial charge is 0.351 e. The molecule has 2 rings (SSSR count). The molecule has 6 N–H and O–H groups in total. The molecule has 1 aliphatic heterocycles. The summed E-state index contributed by atoms with van der Waals surface area (Å²) in [4.78, 5) is 15.4. The van der Waals surface area contributed by atoms with Gasteiger partial charge in [-0.25, -0.2) is 4.79 Å². The highest BCUT2D eigenvalue weighted by molar-refractivity contribution is 7.80. The third-order valence-electron chi connectivity index (χ3n) is 2.94. The van der Waals surface area contributed by atoms with Gasteiger partial charge in [0, 0.05) is 12.6 Å². The van der Waals surface area contributed by atoms with Gasteiger partial charge in [-0.1, -0.05) is 12.2 Å². The van der Waals surface area contributed by atoms with Crippen molar-refractivity contribution in [3.8, 4) is 0 Å². The maximum absolute atomic E-state index is 11.8. The van der Waals surface area contributed by atoms with E-state index in [1.54, 1.807) is 0 Å². The summed E-state index contributed by atoms with van der Waals surface area (Å²) in [7, 11) is 0. The molecule has 1 aliphatic rings. The largest absolute Gasteiger partial charge is 0.394 e. The van der Waals surface area contributed by atoms with Gasteiger partial charge in [0.2, 0.25) is 0 Å². The number of nitrogens with zero attached hydrogens (tertiary/aromatic N) is 2. The first-order valence-corrected chi connectivity index (χ1v) is 5.97. The lowest BCUT2D eigenvalue weighted by atomic mass is 10.2. The average molecular weight is 286 g/mol. The van der Waals surface area contributed by atoms with Crippen molar-refractivity contribution < 1.29 is 14.9 Å². The van der Waals surface area contributed by atoms with Gasteiger partial charge in [0.1, 0.15) is 23.1 Å². The van der Waals surface area contributed by atoms with Crippen LogP contribution in [0.15, 0.2) is 11.0 Å². The molecule has 19 heavy (non-hydrogen) atoms. The first-order valence-electron chi connectivity index (χ1n) is 5.57. The highest BCUT2D eigenvalue weighted by Gasteiger charge is 2.35. The third kappa shape index (κ3) is 2.59. The van der Waals surface area contributed by atoms with Crippen molar-refractivity contribution in [3.05, 3.63) is 22.2 Å². The molecule has 0 aliphatic carbocycles. The van der Waals surface area contributed by atoms with E-state index in [0.717, 1.165) is 4.57 Å². The summed E-state index contributed by atoms with van der Waals surface area (Å²) in [6.07, 6.45) is -0.811. The van der Waals surface area contributed by atoms with Gasteiger partial charge in [0.05, 0.1) is 18.3 Å². The van der Waals surface area contributed by atoms with Crippen LogP contribution < -0.4 is 17.2 Å². The molecule has 0 saturated carbocycles. The molecule has 0 amide bonds. The predicted octanol–water partition coefficient (Wildman–Crippen LogP) is -1.90. The zero-order valence-electron chi connectivity index (χ0n) is 9.89. The van der Waals surface area contributed by atoms with E-state index < -0.39 is 24.1 Å². The number of aliphatic hydroxyl groups is 2. The molecule has 0 bridgehead atoms. The monoisotopic (exact) mass is 286 g/mol. The minimum Gasteiger partial charge on any atom is -0.394 e. The summed E-state index contributed by atoms with van der Waals surface area (Å²) in [5.41, 5.74) is 10.7. The topological polar surface area (TPSA) is 137 Å². The summed E-state index contributed by atoms with van der Waals surface area (Å²) in [5.74, 6) is -0.0500. The second-order valence-electron chi connectivity index (χ2n) is 4.21. The molecule has 3 atom stereocenters. The number of rotatable bonds is 3. The number of aliphatic hydroxyl groups excluding tert-OH is 2. The Morgan fingerprint density at radius 1 is 1.68 bits per heavy atom. The van der Waals surface area contributed by atoms with E-state index >= 15 is 0 Å². The van der Waals surface area contributed by atoms with Crippen LogP contribution in [0.2, 0.25) is 0 Å². The zero-order chi connectivity index (χ0) is 14.2. The van der Waals surface area contributed by atoms with Crippen LogP contribution in [0.25, 0.3) is 0 Å². The quantitative estimate of drug-likeness (QED) is 0.473. The summed E-state index contributed by atoms with van der Waals surface area (Å²) >= 11 is 4.81. The van der Waals surface area contributed by atoms with Crippen molar-refractivity contribution in [2.45, 2.75) is 24.9 Å². The van der Waals surface area contributed by atoms with Crippen LogP contribution in [0, 0.1) is 0 Å². The lowest BCUT2D eigenvalue weighted by Gasteiger charge is -2.15. The molecule has 1 aromatic heterocycles. The normalized spacial score (nSPS) is 26.5. The number of hydrogen-bond donors (Lipinski definition) is 4. The Balaban J connectivity index is 2.38. The van der Waals surface area contributed by atoms with Crippen LogP contribution in [0.1, 0.15) is 18.2 Å². The Bertz CT molecular complexity index is 561. The molecule has 8 nitrogen and oxygen atoms in total. The van der Waals surface area contributed by atoms with E-state index in [9.17, 15) is 9.90 Å². The summed E-state index contributed by atoms with van der Waals surface area (Å²) in [5, 5.41) is 18.7. The van der Waals surface area contributed by atoms with Crippen LogP contribution >= 0.6 is 12.2 Å². The first kappa shape index (κ1) is 13.9. The van der Waals surface area contributed by atoms with E-state index in [1.807, 2.05) is 0 Å². The Morgan fingerprint density at radius 3 is 2.89 bits per heavy atom. The van der Waals surface area contributed by atoms with Crippen LogP contribution in [0.4, 0.5) is 5.82 Å². The van der Waals surface area contributed by atoms with Crippen molar-refractivity contribution in [3.63, 3.8) is 0 Å². The fourth-order valence-electron chi connectivity index (χ4n) is 1.93. The molecule has 0 spiro atoms. The number of aromatic nitrogens is 2. The van der Waals surface area contributed by atoms with E-state index in [2.05, 4.69) is 4.98 Å². The second-order valence-corrected chi connectivity index (χ2v) is 4.65. The van der Waals surface area contributed by atoms with Crippen LogP contribution in [-0.4, -0.2) is 43.6 Å². The second kappa shape index (κ2) is 5.21. The van der Waals surface area contributed by atoms with Crippen molar-refractivity contribution >= 4 is 23.0 Å². The van der Waals surface area contributed by atoms with Gasteiger partial charge in [-0.05, 0) is 0 Å². The molecular formula is C10H14N4O4S. The maximum Gasteiger partial charge on any atom is 0.351 e. The van der Waals surface area contributed by atoms with Crippen LogP contribution in [0.3, 0.4) is 0 Å². The maximum atomic E-state index is 11.8. The summed E-state index contributed by atoms with van der Waals surface area (Å²) in [6.45, 7) is -0.336. The van der Waals surface area contributed by atoms with Gasteiger partial charge in [0.15, 0.2) is 0 Å². The number of nitrogen functional groups attached to an aromatic ring is 1. The zero-order valence-corrected chi connectivity index (χ0v) is 10.7. The van der Waals surface area contributed by atoms with Gasteiger partial charge < -0.3 is 26.4 Å². The third-order valence-corrected chi connectivity index (χ3v) is 3.16. The van der Waals surface area contributed by atoms with E-state index in [0.29, 0.717) is 0 Å². The summed E-state index contributed by atoms with van der Waals surface area (Å²) < 4.78 is 6.52. The van der Waals surface area contributed by atoms with E-state index in [1.165, 1.54) is 6.20 Å². The van der Waals surface area contributed by atoms with Gasteiger partial charge >= 0.3 is 5.69 Å². The molecule has 9 heteroatoms. The Labute approximate surface area is 113 Å².